The minimum atomic E-state index is 0.0556. The number of aromatic nitrogens is 1. The molecule has 0 amide bonds. The first kappa shape index (κ1) is 4.90. The molecule has 0 aliphatic heterocycles. The first-order valence-corrected chi connectivity index (χ1v) is 2.13. The predicted octanol–water partition coefficient (Wildman–Crippen LogP) is 0.373. The second-order valence-corrected chi connectivity index (χ2v) is 1.31. The molecule has 1 heterocycles. The molecule has 0 bridgehead atoms. The van der Waals surface area contributed by atoms with E-state index < -0.39 is 0 Å². The average molecular weight is 112 g/mol. The number of hydrogen-bond acceptors (Lipinski definition) is 2. The van der Waals surface area contributed by atoms with Gasteiger partial charge < -0.3 is 9.52 Å². The normalized spacial score (nSPS) is 9.00. The Hall–Kier alpha value is -1.25. The molecule has 0 unspecified atom stereocenters. The van der Waals surface area contributed by atoms with Crippen LogP contribution in [0.3, 0.4) is 0 Å². The van der Waals surface area contributed by atoms with Gasteiger partial charge in [-0.15, -0.1) is 4.57 Å². The van der Waals surface area contributed by atoms with Gasteiger partial charge in [0.05, 0.1) is 0 Å². The lowest BCUT2D eigenvalue weighted by atomic mass is 10.8. The number of rotatable bonds is 1. The predicted molar refractivity (Wildman–Crippen MR) is 27.0 cm³/mol. The molecule has 0 aliphatic carbocycles. The largest absolute Gasteiger partial charge is 0.457 e. The SMILES string of the molecule is C=C[n+]1cocc1O. The lowest BCUT2D eigenvalue weighted by Gasteiger charge is -1.72. The van der Waals surface area contributed by atoms with Crippen LogP contribution >= 0.6 is 0 Å². The van der Waals surface area contributed by atoms with Crippen LogP contribution in [-0.2, 0) is 0 Å². The highest BCUT2D eigenvalue weighted by Gasteiger charge is 2.04. The van der Waals surface area contributed by atoms with Crippen LogP contribution in [0.5, 0.6) is 5.88 Å². The van der Waals surface area contributed by atoms with Crippen molar-refractivity contribution in [2.24, 2.45) is 0 Å². The maximum Gasteiger partial charge on any atom is 0.410 e. The Morgan fingerprint density at radius 3 is 2.88 bits per heavy atom. The van der Waals surface area contributed by atoms with Crippen LogP contribution in [0.1, 0.15) is 0 Å². The van der Waals surface area contributed by atoms with E-state index in [9.17, 15) is 0 Å². The van der Waals surface area contributed by atoms with Crippen LogP contribution in [0.25, 0.3) is 6.20 Å². The maximum absolute atomic E-state index is 8.75. The highest BCUT2D eigenvalue weighted by Crippen LogP contribution is 1.96. The standard InChI is InChI=1S/C5H5NO2/c1-2-6-4-8-3-5(6)7/h2-4H,1H2/p+1. The summed E-state index contributed by atoms with van der Waals surface area (Å²) in [5.41, 5.74) is 0. The van der Waals surface area contributed by atoms with Crippen LogP contribution in [0, 0.1) is 0 Å². The van der Waals surface area contributed by atoms with Gasteiger partial charge in [0.2, 0.25) is 6.26 Å². The van der Waals surface area contributed by atoms with Crippen molar-refractivity contribution >= 4 is 6.20 Å². The Labute approximate surface area is 46.5 Å². The summed E-state index contributed by atoms with van der Waals surface area (Å²) in [5, 5.41) is 8.75. The second kappa shape index (κ2) is 1.69. The minimum absolute atomic E-state index is 0.0556. The molecular formula is C5H6NO2+. The smallest absolute Gasteiger partial charge is 0.410 e. The Kier molecular flexibility index (Phi) is 1.04. The van der Waals surface area contributed by atoms with Gasteiger partial charge in [-0.3, -0.25) is 0 Å². The first-order valence-electron chi connectivity index (χ1n) is 2.13. The Morgan fingerprint density at radius 1 is 1.88 bits per heavy atom. The summed E-state index contributed by atoms with van der Waals surface area (Å²) < 4.78 is 5.94. The van der Waals surface area contributed by atoms with Crippen LogP contribution in [0.15, 0.2) is 23.7 Å². The number of hydrogen-bond donors (Lipinski definition) is 1. The Morgan fingerprint density at radius 2 is 2.62 bits per heavy atom. The van der Waals surface area contributed by atoms with Crippen LogP contribution < -0.4 is 4.57 Å². The zero-order valence-corrected chi connectivity index (χ0v) is 4.24. The molecule has 0 aliphatic rings. The first-order chi connectivity index (χ1) is 3.84. The summed E-state index contributed by atoms with van der Waals surface area (Å²) >= 11 is 0. The summed E-state index contributed by atoms with van der Waals surface area (Å²) in [6.07, 6.45) is 4.02. The monoisotopic (exact) mass is 112 g/mol. The van der Waals surface area contributed by atoms with E-state index in [-0.39, 0.29) is 5.88 Å². The van der Waals surface area contributed by atoms with E-state index in [0.717, 1.165) is 0 Å². The van der Waals surface area contributed by atoms with Crippen molar-refractivity contribution in [2.45, 2.75) is 0 Å². The van der Waals surface area contributed by atoms with Gasteiger partial charge in [0.25, 0.3) is 0 Å². The van der Waals surface area contributed by atoms with E-state index in [1.54, 1.807) is 0 Å². The van der Waals surface area contributed by atoms with E-state index in [0.29, 0.717) is 0 Å². The molecule has 3 heteroatoms. The van der Waals surface area contributed by atoms with Gasteiger partial charge in [-0.05, 0) is 6.58 Å². The van der Waals surface area contributed by atoms with Crippen molar-refractivity contribution in [3.8, 4) is 5.88 Å². The van der Waals surface area contributed by atoms with Crippen molar-refractivity contribution in [3.63, 3.8) is 0 Å². The molecule has 0 fully saturated rings. The van der Waals surface area contributed by atoms with Gasteiger partial charge >= 0.3 is 12.3 Å². The highest BCUT2D eigenvalue weighted by molar-refractivity contribution is 5.00. The molecule has 1 aromatic heterocycles. The molecule has 0 atom stereocenters. The van der Waals surface area contributed by atoms with Crippen LogP contribution in [-0.4, -0.2) is 5.11 Å². The number of nitrogens with zero attached hydrogens (tertiary/aromatic N) is 1. The molecule has 1 N–H and O–H groups in total. The van der Waals surface area contributed by atoms with Gasteiger partial charge in [-0.25, -0.2) is 0 Å². The summed E-state index contributed by atoms with van der Waals surface area (Å²) in [6, 6.07) is 0. The van der Waals surface area contributed by atoms with Gasteiger partial charge in [0.15, 0.2) is 6.20 Å². The van der Waals surface area contributed by atoms with E-state index in [1.807, 2.05) is 0 Å². The number of oxazole rings is 1. The van der Waals surface area contributed by atoms with Crippen molar-refractivity contribution in [2.75, 3.05) is 0 Å². The lowest BCUT2D eigenvalue weighted by Crippen LogP contribution is -2.20. The summed E-state index contributed by atoms with van der Waals surface area (Å²) in [6.45, 7) is 3.41. The fourth-order valence-electron chi connectivity index (χ4n) is 0.408. The third kappa shape index (κ3) is 0.578. The lowest BCUT2D eigenvalue weighted by molar-refractivity contribution is -0.580. The molecule has 0 spiro atoms. The fraction of sp³-hybridized carbons (Fsp3) is 0. The van der Waals surface area contributed by atoms with Gasteiger partial charge in [0.1, 0.15) is 0 Å². The average Bonchev–Trinajstić information content (AvgIpc) is 2.14. The van der Waals surface area contributed by atoms with Crippen LogP contribution in [0.2, 0.25) is 0 Å². The quantitative estimate of drug-likeness (QED) is 0.533. The summed E-state index contributed by atoms with van der Waals surface area (Å²) in [5.74, 6) is 0.0556. The van der Waals surface area contributed by atoms with Crippen molar-refractivity contribution in [1.29, 1.82) is 0 Å². The minimum Gasteiger partial charge on any atom is -0.457 e. The number of aromatic hydroxyl groups is 1. The maximum atomic E-state index is 8.75. The van der Waals surface area contributed by atoms with Gasteiger partial charge in [-0.2, -0.15) is 0 Å². The molecule has 0 aromatic carbocycles. The van der Waals surface area contributed by atoms with Crippen molar-refractivity contribution < 1.29 is 14.1 Å². The van der Waals surface area contributed by atoms with Gasteiger partial charge in [-0.1, -0.05) is 0 Å². The Bertz CT molecular complexity index is 192. The van der Waals surface area contributed by atoms with E-state index in [2.05, 4.69) is 11.0 Å². The molecule has 1 rings (SSSR count). The highest BCUT2D eigenvalue weighted by atomic mass is 16.4. The summed E-state index contributed by atoms with van der Waals surface area (Å²) in [7, 11) is 0. The van der Waals surface area contributed by atoms with E-state index in [4.69, 9.17) is 5.11 Å². The van der Waals surface area contributed by atoms with Crippen molar-refractivity contribution in [1.82, 2.24) is 0 Å². The van der Waals surface area contributed by atoms with Gasteiger partial charge in [0, 0.05) is 0 Å². The topological polar surface area (TPSA) is 37.2 Å². The molecule has 0 saturated carbocycles. The Balaban J connectivity index is 3.09. The van der Waals surface area contributed by atoms with Crippen LogP contribution in [0.4, 0.5) is 0 Å². The molecule has 0 saturated heterocycles. The van der Waals surface area contributed by atoms with Crippen molar-refractivity contribution in [3.05, 3.63) is 19.2 Å². The third-order valence-corrected chi connectivity index (χ3v) is 0.809. The molecule has 8 heavy (non-hydrogen) atoms. The second-order valence-electron chi connectivity index (χ2n) is 1.31. The zero-order chi connectivity index (χ0) is 5.98. The zero-order valence-electron chi connectivity index (χ0n) is 4.24. The molecule has 3 nitrogen and oxygen atoms in total. The van der Waals surface area contributed by atoms with E-state index >= 15 is 0 Å². The molecule has 0 radical (unpaired) electrons. The fourth-order valence-corrected chi connectivity index (χ4v) is 0.408. The molecule has 1 aromatic rings. The summed E-state index contributed by atoms with van der Waals surface area (Å²) in [4.78, 5) is 0. The molecule has 42 valence electrons. The third-order valence-electron chi connectivity index (χ3n) is 0.809. The molecular weight excluding hydrogens is 106 g/mol. The van der Waals surface area contributed by atoms with E-state index in [1.165, 1.54) is 23.4 Å².